The Hall–Kier alpha value is -2.35. The molecule has 4 rings (SSSR count). The molecule has 1 aliphatic heterocycles. The fourth-order valence-electron chi connectivity index (χ4n) is 4.23. The van der Waals surface area contributed by atoms with Crippen LogP contribution < -0.4 is 4.90 Å². The van der Waals surface area contributed by atoms with E-state index in [4.69, 9.17) is 9.47 Å². The zero-order chi connectivity index (χ0) is 21.3. The number of carbonyl (C=O) groups excluding carboxylic acids is 1. The third-order valence-corrected chi connectivity index (χ3v) is 6.25. The Kier molecular flexibility index (Phi) is 6.13. The second kappa shape index (κ2) is 8.79. The minimum absolute atomic E-state index is 0.178. The van der Waals surface area contributed by atoms with Crippen molar-refractivity contribution in [3.05, 3.63) is 57.7 Å². The number of phenols is 1. The van der Waals surface area contributed by atoms with E-state index in [0.29, 0.717) is 36.4 Å². The summed E-state index contributed by atoms with van der Waals surface area (Å²) in [5.74, 6) is -0.188. The first kappa shape index (κ1) is 20.9. The summed E-state index contributed by atoms with van der Waals surface area (Å²) < 4.78 is 13.6. The number of halogens is 1. The quantitative estimate of drug-likeness (QED) is 0.559. The average molecular weight is 474 g/mol. The molecule has 7 heteroatoms. The molecular formula is C23H26BrN2O4+. The van der Waals surface area contributed by atoms with Crippen molar-refractivity contribution in [2.75, 3.05) is 32.9 Å². The lowest BCUT2D eigenvalue weighted by molar-refractivity contribution is -0.921. The Morgan fingerprint density at radius 3 is 2.63 bits per heavy atom. The van der Waals surface area contributed by atoms with Gasteiger partial charge >= 0.3 is 5.97 Å². The van der Waals surface area contributed by atoms with Gasteiger partial charge in [-0.1, -0.05) is 18.2 Å². The van der Waals surface area contributed by atoms with Gasteiger partial charge in [0, 0.05) is 16.8 Å². The van der Waals surface area contributed by atoms with Gasteiger partial charge in [0.1, 0.15) is 25.4 Å². The number of quaternary nitrogens is 1. The van der Waals surface area contributed by atoms with Crippen LogP contribution in [0.25, 0.3) is 16.6 Å². The normalized spacial score (nSPS) is 14.9. The number of morpholine rings is 1. The molecule has 2 heterocycles. The van der Waals surface area contributed by atoms with Gasteiger partial charge in [0.2, 0.25) is 0 Å². The van der Waals surface area contributed by atoms with Gasteiger partial charge in [-0.25, -0.2) is 4.79 Å². The van der Waals surface area contributed by atoms with Crippen LogP contribution in [0.1, 0.15) is 28.5 Å². The van der Waals surface area contributed by atoms with Crippen molar-refractivity contribution >= 4 is 32.8 Å². The van der Waals surface area contributed by atoms with Gasteiger partial charge in [-0.3, -0.25) is 0 Å². The van der Waals surface area contributed by atoms with Crippen molar-refractivity contribution < 1.29 is 24.3 Å². The molecule has 0 radical (unpaired) electrons. The van der Waals surface area contributed by atoms with Crippen LogP contribution in [0.2, 0.25) is 0 Å². The predicted octanol–water partition coefficient (Wildman–Crippen LogP) is 3.00. The highest BCUT2D eigenvalue weighted by molar-refractivity contribution is 9.10. The number of rotatable bonds is 5. The van der Waals surface area contributed by atoms with Crippen LogP contribution in [-0.4, -0.2) is 48.6 Å². The van der Waals surface area contributed by atoms with Crippen LogP contribution in [0.15, 0.2) is 40.9 Å². The minimum atomic E-state index is -0.366. The van der Waals surface area contributed by atoms with E-state index < -0.39 is 0 Å². The Labute approximate surface area is 184 Å². The molecule has 0 atom stereocenters. The molecule has 1 saturated heterocycles. The fourth-order valence-corrected chi connectivity index (χ4v) is 4.68. The van der Waals surface area contributed by atoms with E-state index in [1.807, 2.05) is 43.3 Å². The van der Waals surface area contributed by atoms with Crippen molar-refractivity contribution in [2.45, 2.75) is 20.4 Å². The molecule has 1 aliphatic rings. The van der Waals surface area contributed by atoms with E-state index in [-0.39, 0.29) is 11.7 Å². The summed E-state index contributed by atoms with van der Waals surface area (Å²) in [4.78, 5) is 14.3. The van der Waals surface area contributed by atoms with Gasteiger partial charge in [0.15, 0.2) is 0 Å². The maximum absolute atomic E-state index is 13.0. The van der Waals surface area contributed by atoms with Gasteiger partial charge in [-0.2, -0.15) is 0 Å². The largest absolute Gasteiger partial charge is 0.506 e. The van der Waals surface area contributed by atoms with E-state index in [2.05, 4.69) is 20.5 Å². The lowest BCUT2D eigenvalue weighted by Crippen LogP contribution is -3.12. The number of nitrogens with zero attached hydrogens (tertiary/aromatic N) is 1. The summed E-state index contributed by atoms with van der Waals surface area (Å²) in [7, 11) is 0. The highest BCUT2D eigenvalue weighted by atomic mass is 79.9. The van der Waals surface area contributed by atoms with Crippen LogP contribution in [0.4, 0.5) is 0 Å². The molecule has 30 heavy (non-hydrogen) atoms. The summed E-state index contributed by atoms with van der Waals surface area (Å²) >= 11 is 3.53. The maximum Gasteiger partial charge on any atom is 0.340 e. The van der Waals surface area contributed by atoms with E-state index in [1.165, 1.54) is 4.90 Å². The maximum atomic E-state index is 13.0. The standard InChI is InChI=1S/C23H25BrN2O4/c1-3-30-23(28)20-15(2)26(16-7-5-4-6-8-16)19-13-18(24)22(27)17(21(19)20)14-25-9-11-29-12-10-25/h4-8,13,27H,3,9-12,14H2,1-2H3/p+1. The summed E-state index contributed by atoms with van der Waals surface area (Å²) in [5, 5.41) is 11.7. The summed E-state index contributed by atoms with van der Waals surface area (Å²) in [6.45, 7) is 7.75. The number of carbonyl (C=O) groups is 1. The number of benzene rings is 2. The lowest BCUT2D eigenvalue weighted by Gasteiger charge is -2.24. The lowest BCUT2D eigenvalue weighted by atomic mass is 10.0. The third-order valence-electron chi connectivity index (χ3n) is 5.64. The first-order chi connectivity index (χ1) is 14.5. The first-order valence-corrected chi connectivity index (χ1v) is 11.0. The number of hydrogen-bond donors (Lipinski definition) is 2. The second-order valence-corrected chi connectivity index (χ2v) is 8.33. The number of hydrogen-bond acceptors (Lipinski definition) is 4. The fraction of sp³-hybridized carbons (Fsp3) is 0.348. The number of esters is 1. The molecule has 0 bridgehead atoms. The van der Waals surface area contributed by atoms with E-state index >= 15 is 0 Å². The van der Waals surface area contributed by atoms with Gasteiger partial charge in [0.25, 0.3) is 0 Å². The van der Waals surface area contributed by atoms with Crippen molar-refractivity contribution in [2.24, 2.45) is 0 Å². The highest BCUT2D eigenvalue weighted by Crippen LogP contribution is 2.40. The van der Waals surface area contributed by atoms with E-state index in [1.54, 1.807) is 6.92 Å². The zero-order valence-electron chi connectivity index (χ0n) is 17.2. The molecule has 0 aliphatic carbocycles. The van der Waals surface area contributed by atoms with Crippen LogP contribution in [-0.2, 0) is 16.0 Å². The summed E-state index contributed by atoms with van der Waals surface area (Å²) in [6, 6.07) is 11.8. The Balaban J connectivity index is 2.00. The number of aromatic nitrogens is 1. The number of fused-ring (bicyclic) bond motifs is 1. The Bertz CT molecular complexity index is 1070. The van der Waals surface area contributed by atoms with Crippen LogP contribution in [0, 0.1) is 6.92 Å². The Morgan fingerprint density at radius 2 is 1.97 bits per heavy atom. The molecule has 158 valence electrons. The second-order valence-electron chi connectivity index (χ2n) is 7.47. The number of aromatic hydroxyl groups is 1. The third kappa shape index (κ3) is 3.73. The summed E-state index contributed by atoms with van der Waals surface area (Å²) in [6.07, 6.45) is 0. The van der Waals surface area contributed by atoms with Gasteiger partial charge in [-0.15, -0.1) is 0 Å². The molecule has 0 spiro atoms. The van der Waals surface area contributed by atoms with Gasteiger partial charge in [-0.05, 0) is 48.0 Å². The molecule has 0 saturated carbocycles. The van der Waals surface area contributed by atoms with Crippen molar-refractivity contribution in [1.82, 2.24) is 4.57 Å². The average Bonchev–Trinajstić information content (AvgIpc) is 3.04. The molecule has 6 nitrogen and oxygen atoms in total. The number of para-hydroxylation sites is 1. The van der Waals surface area contributed by atoms with Gasteiger partial charge in [0.05, 0.1) is 40.9 Å². The smallest absolute Gasteiger partial charge is 0.340 e. The summed E-state index contributed by atoms with van der Waals surface area (Å²) in [5.41, 5.74) is 3.90. The van der Waals surface area contributed by atoms with Crippen molar-refractivity contribution in [3.63, 3.8) is 0 Å². The molecule has 0 unspecified atom stereocenters. The molecule has 1 aromatic heterocycles. The molecule has 2 N–H and O–H groups in total. The van der Waals surface area contributed by atoms with Crippen molar-refractivity contribution in [3.8, 4) is 11.4 Å². The molecular weight excluding hydrogens is 448 g/mol. The Morgan fingerprint density at radius 1 is 1.27 bits per heavy atom. The number of phenolic OH excluding ortho intramolecular Hbond substituents is 1. The van der Waals surface area contributed by atoms with Crippen LogP contribution >= 0.6 is 15.9 Å². The number of nitrogens with one attached hydrogen (secondary N) is 1. The minimum Gasteiger partial charge on any atom is -0.506 e. The van der Waals surface area contributed by atoms with E-state index in [9.17, 15) is 9.90 Å². The zero-order valence-corrected chi connectivity index (χ0v) is 18.8. The van der Waals surface area contributed by atoms with E-state index in [0.717, 1.165) is 40.9 Å². The van der Waals surface area contributed by atoms with Crippen LogP contribution in [0.5, 0.6) is 5.75 Å². The molecule has 1 fully saturated rings. The highest BCUT2D eigenvalue weighted by Gasteiger charge is 2.29. The van der Waals surface area contributed by atoms with Crippen molar-refractivity contribution in [1.29, 1.82) is 0 Å². The molecule has 2 aromatic carbocycles. The number of ether oxygens (including phenoxy) is 2. The van der Waals surface area contributed by atoms with Crippen LogP contribution in [0.3, 0.4) is 0 Å². The topological polar surface area (TPSA) is 65.1 Å². The molecule has 3 aromatic rings. The predicted molar refractivity (Wildman–Crippen MR) is 119 cm³/mol. The monoisotopic (exact) mass is 473 g/mol. The first-order valence-electron chi connectivity index (χ1n) is 10.2. The molecule has 0 amide bonds. The SMILES string of the molecule is CCOC(=O)c1c(C)n(-c2ccccc2)c2cc(Br)c(O)c(C[NH+]3CCOCC3)c12. The van der Waals surface area contributed by atoms with Gasteiger partial charge < -0.3 is 24.0 Å².